The normalized spacial score (nSPS) is 11.1. The van der Waals surface area contributed by atoms with Crippen LogP contribution in [0.3, 0.4) is 0 Å². The maximum absolute atomic E-state index is 14.1. The highest BCUT2D eigenvalue weighted by Gasteiger charge is 2.16. The number of fused-ring (bicyclic) bond motifs is 1. The lowest BCUT2D eigenvalue weighted by molar-refractivity contribution is 0.629. The van der Waals surface area contributed by atoms with Crippen molar-refractivity contribution in [2.45, 2.75) is 13.8 Å². The van der Waals surface area contributed by atoms with E-state index in [-0.39, 0.29) is 5.82 Å². The van der Waals surface area contributed by atoms with Crippen LogP contribution in [0.5, 0.6) is 0 Å². The van der Waals surface area contributed by atoms with E-state index >= 15 is 0 Å². The van der Waals surface area contributed by atoms with Crippen LogP contribution in [0.4, 0.5) is 10.2 Å². The van der Waals surface area contributed by atoms with Crippen LogP contribution in [-0.2, 0) is 0 Å². The molecule has 0 radical (unpaired) electrons. The van der Waals surface area contributed by atoms with Gasteiger partial charge in [-0.15, -0.1) is 11.3 Å². The van der Waals surface area contributed by atoms with E-state index in [2.05, 4.69) is 31.3 Å². The SMILES string of the molecule is Cc1sc2nc(-c3ccc(Br)cc3F)nc(NN)c2c1C. The minimum Gasteiger partial charge on any atom is -0.308 e. The van der Waals surface area contributed by atoms with Gasteiger partial charge in [0.15, 0.2) is 11.6 Å². The van der Waals surface area contributed by atoms with Gasteiger partial charge < -0.3 is 5.43 Å². The number of hydrogen-bond donors (Lipinski definition) is 2. The summed E-state index contributed by atoms with van der Waals surface area (Å²) in [6.45, 7) is 4.01. The third-order valence-electron chi connectivity index (χ3n) is 3.34. The number of hydrogen-bond acceptors (Lipinski definition) is 5. The molecular formula is C14H12BrFN4S. The molecule has 3 rings (SSSR count). The van der Waals surface area contributed by atoms with Gasteiger partial charge in [0.05, 0.1) is 10.9 Å². The molecule has 4 nitrogen and oxygen atoms in total. The number of aromatic nitrogens is 2. The molecule has 0 saturated heterocycles. The number of benzene rings is 1. The topological polar surface area (TPSA) is 63.8 Å². The van der Waals surface area contributed by atoms with Crippen LogP contribution in [0.2, 0.25) is 0 Å². The predicted molar refractivity (Wildman–Crippen MR) is 87.8 cm³/mol. The summed E-state index contributed by atoms with van der Waals surface area (Å²) in [6, 6.07) is 4.80. The Kier molecular flexibility index (Phi) is 3.64. The van der Waals surface area contributed by atoms with Gasteiger partial charge in [0.1, 0.15) is 10.6 Å². The Balaban J connectivity index is 2.29. The standard InChI is InChI=1S/C14H12BrFN4S/c1-6-7(2)21-14-11(6)13(20-17)18-12(19-14)9-4-3-8(15)5-10(9)16/h3-5H,17H2,1-2H3,(H,18,19,20). The van der Waals surface area contributed by atoms with Gasteiger partial charge in [0.2, 0.25) is 0 Å². The molecule has 2 heterocycles. The highest BCUT2D eigenvalue weighted by atomic mass is 79.9. The first-order valence-corrected chi connectivity index (χ1v) is 7.82. The first-order valence-electron chi connectivity index (χ1n) is 6.21. The number of nitrogens with one attached hydrogen (secondary N) is 1. The molecule has 0 spiro atoms. The van der Waals surface area contributed by atoms with E-state index in [1.165, 1.54) is 6.07 Å². The van der Waals surface area contributed by atoms with Crippen LogP contribution in [0.25, 0.3) is 21.6 Å². The van der Waals surface area contributed by atoms with Crippen LogP contribution in [0, 0.1) is 19.7 Å². The molecule has 0 saturated carbocycles. The Morgan fingerprint density at radius 1 is 1.29 bits per heavy atom. The minimum atomic E-state index is -0.378. The van der Waals surface area contributed by atoms with Crippen molar-refractivity contribution in [2.75, 3.05) is 5.43 Å². The number of aryl methyl sites for hydroxylation is 2. The monoisotopic (exact) mass is 366 g/mol. The van der Waals surface area contributed by atoms with Gasteiger partial charge in [-0.1, -0.05) is 15.9 Å². The van der Waals surface area contributed by atoms with Crippen LogP contribution < -0.4 is 11.3 Å². The molecule has 0 bridgehead atoms. The first kappa shape index (κ1) is 14.4. The molecule has 0 aliphatic heterocycles. The summed E-state index contributed by atoms with van der Waals surface area (Å²) in [5.74, 6) is 6.02. The molecule has 3 N–H and O–H groups in total. The average Bonchev–Trinajstić information content (AvgIpc) is 2.73. The van der Waals surface area contributed by atoms with E-state index in [0.717, 1.165) is 20.7 Å². The van der Waals surface area contributed by atoms with Gasteiger partial charge in [0.25, 0.3) is 0 Å². The van der Waals surface area contributed by atoms with Gasteiger partial charge >= 0.3 is 0 Å². The third kappa shape index (κ3) is 2.41. The van der Waals surface area contributed by atoms with Crippen molar-refractivity contribution in [1.82, 2.24) is 9.97 Å². The van der Waals surface area contributed by atoms with E-state index in [4.69, 9.17) is 5.84 Å². The Labute approximate surface area is 133 Å². The van der Waals surface area contributed by atoms with Crippen molar-refractivity contribution in [3.05, 3.63) is 38.9 Å². The fraction of sp³-hybridized carbons (Fsp3) is 0.143. The lowest BCUT2D eigenvalue weighted by Gasteiger charge is -2.07. The number of halogens is 2. The predicted octanol–water partition coefficient (Wildman–Crippen LogP) is 4.16. The number of rotatable bonds is 2. The van der Waals surface area contributed by atoms with Crippen molar-refractivity contribution in [3.63, 3.8) is 0 Å². The Bertz CT molecular complexity index is 847. The molecule has 0 unspecified atom stereocenters. The van der Waals surface area contributed by atoms with E-state index in [1.807, 2.05) is 13.8 Å². The van der Waals surface area contributed by atoms with E-state index in [0.29, 0.717) is 21.7 Å². The van der Waals surface area contributed by atoms with Gasteiger partial charge in [-0.2, -0.15) is 0 Å². The number of hydrazine groups is 1. The average molecular weight is 367 g/mol. The Morgan fingerprint density at radius 3 is 2.71 bits per heavy atom. The number of nitrogen functional groups attached to an aromatic ring is 1. The zero-order valence-corrected chi connectivity index (χ0v) is 13.8. The smallest absolute Gasteiger partial charge is 0.166 e. The van der Waals surface area contributed by atoms with Gasteiger partial charge in [-0.25, -0.2) is 20.2 Å². The maximum Gasteiger partial charge on any atom is 0.166 e. The van der Waals surface area contributed by atoms with Crippen LogP contribution in [0.15, 0.2) is 22.7 Å². The first-order chi connectivity index (χ1) is 10.0. The quantitative estimate of drug-likeness (QED) is 0.527. The second-order valence-electron chi connectivity index (χ2n) is 4.63. The molecule has 0 atom stereocenters. The molecule has 108 valence electrons. The number of anilines is 1. The van der Waals surface area contributed by atoms with E-state index in [9.17, 15) is 4.39 Å². The molecule has 1 aromatic carbocycles. The molecule has 7 heteroatoms. The lowest BCUT2D eigenvalue weighted by Crippen LogP contribution is -2.10. The van der Waals surface area contributed by atoms with E-state index < -0.39 is 0 Å². The van der Waals surface area contributed by atoms with Crippen molar-refractivity contribution in [1.29, 1.82) is 0 Å². The zero-order valence-electron chi connectivity index (χ0n) is 11.4. The van der Waals surface area contributed by atoms with E-state index in [1.54, 1.807) is 23.5 Å². The minimum absolute atomic E-state index is 0.321. The molecular weight excluding hydrogens is 355 g/mol. The molecule has 0 amide bonds. The van der Waals surface area contributed by atoms with Crippen LogP contribution in [-0.4, -0.2) is 9.97 Å². The van der Waals surface area contributed by atoms with Crippen molar-refractivity contribution < 1.29 is 4.39 Å². The zero-order chi connectivity index (χ0) is 15.1. The fourth-order valence-electron chi connectivity index (χ4n) is 2.15. The maximum atomic E-state index is 14.1. The van der Waals surface area contributed by atoms with Gasteiger partial charge in [-0.3, -0.25) is 0 Å². The molecule has 3 aromatic rings. The van der Waals surface area contributed by atoms with Gasteiger partial charge in [0, 0.05) is 9.35 Å². The summed E-state index contributed by atoms with van der Waals surface area (Å²) in [7, 11) is 0. The summed E-state index contributed by atoms with van der Waals surface area (Å²) in [6.07, 6.45) is 0. The number of nitrogens with two attached hydrogens (primary N) is 1. The van der Waals surface area contributed by atoms with Crippen LogP contribution in [0.1, 0.15) is 10.4 Å². The Hall–Kier alpha value is -1.57. The summed E-state index contributed by atoms with van der Waals surface area (Å²) in [4.78, 5) is 10.8. The fourth-order valence-corrected chi connectivity index (χ4v) is 3.51. The van der Waals surface area contributed by atoms with Crippen molar-refractivity contribution in [3.8, 4) is 11.4 Å². The van der Waals surface area contributed by atoms with Crippen LogP contribution >= 0.6 is 27.3 Å². The summed E-state index contributed by atoms with van der Waals surface area (Å²) >= 11 is 4.79. The molecule has 0 aliphatic carbocycles. The lowest BCUT2D eigenvalue weighted by atomic mass is 10.1. The summed E-state index contributed by atoms with van der Waals surface area (Å²) in [5, 5.41) is 0.890. The number of nitrogens with zero attached hydrogens (tertiary/aromatic N) is 2. The van der Waals surface area contributed by atoms with Gasteiger partial charge in [-0.05, 0) is 37.6 Å². The summed E-state index contributed by atoms with van der Waals surface area (Å²) in [5.41, 5.74) is 4.03. The molecule has 2 aromatic heterocycles. The second-order valence-corrected chi connectivity index (χ2v) is 6.75. The number of thiophene rings is 1. The Morgan fingerprint density at radius 2 is 2.05 bits per heavy atom. The van der Waals surface area contributed by atoms with Crippen molar-refractivity contribution in [2.24, 2.45) is 5.84 Å². The highest BCUT2D eigenvalue weighted by Crippen LogP contribution is 2.35. The largest absolute Gasteiger partial charge is 0.308 e. The second kappa shape index (κ2) is 5.32. The molecule has 0 fully saturated rings. The third-order valence-corrected chi connectivity index (χ3v) is 4.93. The van der Waals surface area contributed by atoms with Crippen molar-refractivity contribution >= 4 is 43.3 Å². The highest BCUT2D eigenvalue weighted by molar-refractivity contribution is 9.10. The summed E-state index contributed by atoms with van der Waals surface area (Å²) < 4.78 is 14.8. The molecule has 0 aliphatic rings. The molecule has 21 heavy (non-hydrogen) atoms.